The number of hydrogen-bond acceptors (Lipinski definition) is 1. The van der Waals surface area contributed by atoms with Gasteiger partial charge in [-0.2, -0.15) is 0 Å². The Kier molecular flexibility index (Phi) is 3.16. The quantitative estimate of drug-likeness (QED) is 0.772. The van der Waals surface area contributed by atoms with Gasteiger partial charge in [-0.25, -0.2) is 0 Å². The van der Waals surface area contributed by atoms with Crippen LogP contribution in [0.1, 0.15) is 12.5 Å². The van der Waals surface area contributed by atoms with Gasteiger partial charge in [0.15, 0.2) is 0 Å². The van der Waals surface area contributed by atoms with Crippen LogP contribution in [0.15, 0.2) is 42.5 Å². The molecule has 0 amide bonds. The van der Waals surface area contributed by atoms with E-state index in [2.05, 4.69) is 13.0 Å². The summed E-state index contributed by atoms with van der Waals surface area (Å²) >= 11 is 6.12. The summed E-state index contributed by atoms with van der Waals surface area (Å²) in [6.45, 7) is 2.11. The molecule has 0 heterocycles. The van der Waals surface area contributed by atoms with Crippen LogP contribution >= 0.6 is 11.6 Å². The first-order valence-electron chi connectivity index (χ1n) is 5.35. The van der Waals surface area contributed by atoms with Crippen LogP contribution in [0.2, 0.25) is 5.02 Å². The lowest BCUT2D eigenvalue weighted by Gasteiger charge is -2.10. The summed E-state index contributed by atoms with van der Waals surface area (Å²) < 4.78 is 0. The first kappa shape index (κ1) is 11.0. The Labute approximate surface area is 101 Å². The Hall–Kier alpha value is -1.47. The molecular formula is C14H14ClN. The van der Waals surface area contributed by atoms with Gasteiger partial charge in [0, 0.05) is 5.56 Å². The van der Waals surface area contributed by atoms with Crippen molar-refractivity contribution in [2.45, 2.75) is 13.3 Å². The number of nitrogens with two attached hydrogens (primary N) is 1. The van der Waals surface area contributed by atoms with E-state index in [0.29, 0.717) is 10.7 Å². The summed E-state index contributed by atoms with van der Waals surface area (Å²) in [5, 5.41) is 0.637. The minimum absolute atomic E-state index is 0.637. The molecule has 0 aliphatic rings. The molecule has 2 rings (SSSR count). The molecule has 0 fully saturated rings. The predicted molar refractivity (Wildman–Crippen MR) is 70.7 cm³/mol. The molecule has 0 atom stereocenters. The molecule has 2 N–H and O–H groups in total. The SMILES string of the molecule is CCc1cc(Cl)c(N)c(-c2ccccc2)c1. The molecule has 2 aromatic carbocycles. The lowest BCUT2D eigenvalue weighted by molar-refractivity contribution is 1.14. The van der Waals surface area contributed by atoms with E-state index in [-0.39, 0.29) is 0 Å². The van der Waals surface area contributed by atoms with Crippen molar-refractivity contribution in [1.29, 1.82) is 0 Å². The molecule has 2 heteroatoms. The highest BCUT2D eigenvalue weighted by Gasteiger charge is 2.07. The smallest absolute Gasteiger partial charge is 0.0644 e. The van der Waals surface area contributed by atoms with Gasteiger partial charge in [0.2, 0.25) is 0 Å². The second-order valence-electron chi connectivity index (χ2n) is 3.76. The molecule has 0 spiro atoms. The first-order valence-corrected chi connectivity index (χ1v) is 5.73. The first-order chi connectivity index (χ1) is 7.72. The summed E-state index contributed by atoms with van der Waals surface area (Å²) in [5.74, 6) is 0. The van der Waals surface area contributed by atoms with Crippen molar-refractivity contribution in [3.8, 4) is 11.1 Å². The summed E-state index contributed by atoms with van der Waals surface area (Å²) in [6, 6.07) is 14.1. The van der Waals surface area contributed by atoms with E-state index < -0.39 is 0 Å². The van der Waals surface area contributed by atoms with E-state index in [1.807, 2.05) is 36.4 Å². The summed E-state index contributed by atoms with van der Waals surface area (Å²) in [7, 11) is 0. The third kappa shape index (κ3) is 2.05. The fraction of sp³-hybridized carbons (Fsp3) is 0.143. The van der Waals surface area contributed by atoms with Crippen LogP contribution in [0.25, 0.3) is 11.1 Å². The molecule has 0 unspecified atom stereocenters. The average molecular weight is 232 g/mol. The van der Waals surface area contributed by atoms with Crippen molar-refractivity contribution in [1.82, 2.24) is 0 Å². The van der Waals surface area contributed by atoms with Crippen molar-refractivity contribution in [3.05, 3.63) is 53.1 Å². The van der Waals surface area contributed by atoms with E-state index in [0.717, 1.165) is 17.5 Å². The number of halogens is 1. The standard InChI is InChI=1S/C14H14ClN/c1-2-10-8-12(14(16)13(15)9-10)11-6-4-3-5-7-11/h3-9H,2,16H2,1H3. The lowest BCUT2D eigenvalue weighted by atomic mass is 10.0. The molecule has 1 nitrogen and oxygen atoms in total. The Morgan fingerprint density at radius 2 is 1.81 bits per heavy atom. The number of aryl methyl sites for hydroxylation is 1. The molecule has 0 aromatic heterocycles. The fourth-order valence-corrected chi connectivity index (χ4v) is 1.98. The highest BCUT2D eigenvalue weighted by Crippen LogP contribution is 2.33. The number of rotatable bonds is 2. The normalized spacial score (nSPS) is 10.4. The third-order valence-electron chi connectivity index (χ3n) is 2.68. The molecule has 0 bridgehead atoms. The topological polar surface area (TPSA) is 26.0 Å². The lowest BCUT2D eigenvalue weighted by Crippen LogP contribution is -1.93. The maximum absolute atomic E-state index is 6.12. The summed E-state index contributed by atoms with van der Waals surface area (Å²) in [5.41, 5.74) is 10.00. The van der Waals surface area contributed by atoms with Gasteiger partial charge in [0.1, 0.15) is 0 Å². The van der Waals surface area contributed by atoms with Gasteiger partial charge in [-0.15, -0.1) is 0 Å². The van der Waals surface area contributed by atoms with E-state index in [1.54, 1.807) is 0 Å². The minimum Gasteiger partial charge on any atom is -0.397 e. The van der Waals surface area contributed by atoms with Gasteiger partial charge < -0.3 is 5.73 Å². The number of hydrogen-bond donors (Lipinski definition) is 1. The Morgan fingerprint density at radius 1 is 1.12 bits per heavy atom. The maximum Gasteiger partial charge on any atom is 0.0644 e. The maximum atomic E-state index is 6.12. The zero-order valence-electron chi connectivity index (χ0n) is 9.20. The van der Waals surface area contributed by atoms with E-state index >= 15 is 0 Å². The molecule has 0 aliphatic carbocycles. The van der Waals surface area contributed by atoms with Gasteiger partial charge in [0.05, 0.1) is 10.7 Å². The molecule has 0 saturated carbocycles. The van der Waals surface area contributed by atoms with E-state index in [1.165, 1.54) is 5.56 Å². The zero-order chi connectivity index (χ0) is 11.5. The third-order valence-corrected chi connectivity index (χ3v) is 3.00. The molecule has 0 radical (unpaired) electrons. The molecule has 82 valence electrons. The summed E-state index contributed by atoms with van der Waals surface area (Å²) in [6.07, 6.45) is 0.958. The number of anilines is 1. The van der Waals surface area contributed by atoms with Crippen LogP contribution in [0.5, 0.6) is 0 Å². The second-order valence-corrected chi connectivity index (χ2v) is 4.17. The van der Waals surface area contributed by atoms with Crippen molar-refractivity contribution >= 4 is 17.3 Å². The number of benzene rings is 2. The second kappa shape index (κ2) is 4.58. The molecule has 0 aliphatic heterocycles. The fourth-order valence-electron chi connectivity index (χ4n) is 1.73. The van der Waals surface area contributed by atoms with Crippen LogP contribution in [-0.2, 0) is 6.42 Å². The van der Waals surface area contributed by atoms with E-state index in [4.69, 9.17) is 17.3 Å². The van der Waals surface area contributed by atoms with Crippen LogP contribution < -0.4 is 5.73 Å². The average Bonchev–Trinajstić information content (AvgIpc) is 2.33. The molecule has 2 aromatic rings. The van der Waals surface area contributed by atoms with Crippen LogP contribution in [0, 0.1) is 0 Å². The van der Waals surface area contributed by atoms with E-state index in [9.17, 15) is 0 Å². The predicted octanol–water partition coefficient (Wildman–Crippen LogP) is 4.15. The Bertz CT molecular complexity index is 492. The van der Waals surface area contributed by atoms with Crippen molar-refractivity contribution in [3.63, 3.8) is 0 Å². The van der Waals surface area contributed by atoms with Crippen molar-refractivity contribution in [2.75, 3.05) is 5.73 Å². The minimum atomic E-state index is 0.637. The summed E-state index contributed by atoms with van der Waals surface area (Å²) in [4.78, 5) is 0. The van der Waals surface area contributed by atoms with Crippen LogP contribution in [-0.4, -0.2) is 0 Å². The van der Waals surface area contributed by atoms with Crippen LogP contribution in [0.4, 0.5) is 5.69 Å². The molecule has 16 heavy (non-hydrogen) atoms. The van der Waals surface area contributed by atoms with Gasteiger partial charge in [0.25, 0.3) is 0 Å². The molecular weight excluding hydrogens is 218 g/mol. The largest absolute Gasteiger partial charge is 0.397 e. The van der Waals surface area contributed by atoms with Gasteiger partial charge >= 0.3 is 0 Å². The van der Waals surface area contributed by atoms with Gasteiger partial charge in [-0.3, -0.25) is 0 Å². The van der Waals surface area contributed by atoms with Gasteiger partial charge in [-0.1, -0.05) is 48.9 Å². The monoisotopic (exact) mass is 231 g/mol. The van der Waals surface area contributed by atoms with Crippen molar-refractivity contribution in [2.24, 2.45) is 0 Å². The highest BCUT2D eigenvalue weighted by atomic mass is 35.5. The zero-order valence-corrected chi connectivity index (χ0v) is 9.96. The van der Waals surface area contributed by atoms with Gasteiger partial charge in [-0.05, 0) is 29.7 Å². The van der Waals surface area contributed by atoms with Crippen LogP contribution in [0.3, 0.4) is 0 Å². The Morgan fingerprint density at radius 3 is 2.44 bits per heavy atom. The molecule has 0 saturated heterocycles. The van der Waals surface area contributed by atoms with Crippen molar-refractivity contribution < 1.29 is 0 Å². The Balaban J connectivity index is 2.60. The highest BCUT2D eigenvalue weighted by molar-refractivity contribution is 6.33. The number of nitrogen functional groups attached to an aromatic ring is 1.